The summed E-state index contributed by atoms with van der Waals surface area (Å²) in [4.78, 5) is 43.9. The maximum Gasteiger partial charge on any atom is 0.334 e. The van der Waals surface area contributed by atoms with Crippen molar-refractivity contribution in [2.75, 3.05) is 18.0 Å². The van der Waals surface area contributed by atoms with Crippen LogP contribution in [0.1, 0.15) is 30.0 Å². The maximum atomic E-state index is 13.1. The highest BCUT2D eigenvalue weighted by Gasteiger charge is 2.46. The van der Waals surface area contributed by atoms with Gasteiger partial charge in [-0.25, -0.2) is 14.3 Å². The molecule has 0 saturated carbocycles. The standard InChI is InChI=1S/C24H21Cl2N7O2/c25-16-2-1-3-17(18(16)26)33-21(34)15-12-29-22(30-20(15)31-23(33)35)32-8-5-24(6-9-32)10-13-4-7-28-11-14(13)19(24)27/h1-4,7,11-12,19H,5-6,8-10,27H2,(H,29,30,31,35)/t19-/m1/s1. The average molecular weight is 510 g/mol. The number of nitrogens with one attached hydrogen (secondary N) is 1. The van der Waals surface area contributed by atoms with Crippen LogP contribution in [0.2, 0.25) is 10.0 Å². The van der Waals surface area contributed by atoms with Crippen molar-refractivity contribution < 1.29 is 0 Å². The number of H-pyrrole nitrogens is 1. The number of benzene rings is 1. The van der Waals surface area contributed by atoms with Crippen LogP contribution in [0.5, 0.6) is 0 Å². The number of rotatable bonds is 2. The summed E-state index contributed by atoms with van der Waals surface area (Å²) in [5.41, 5.74) is 8.20. The molecule has 1 fully saturated rings. The van der Waals surface area contributed by atoms with Gasteiger partial charge in [0.15, 0.2) is 5.65 Å². The summed E-state index contributed by atoms with van der Waals surface area (Å²) >= 11 is 12.3. The summed E-state index contributed by atoms with van der Waals surface area (Å²) in [6.07, 6.45) is 7.85. The fourth-order valence-corrected chi connectivity index (χ4v) is 5.75. The highest BCUT2D eigenvalue weighted by molar-refractivity contribution is 6.43. The van der Waals surface area contributed by atoms with E-state index in [1.807, 2.05) is 12.4 Å². The fourth-order valence-electron chi connectivity index (χ4n) is 5.37. The molecular weight excluding hydrogens is 489 g/mol. The molecule has 2 aliphatic rings. The molecule has 9 nitrogen and oxygen atoms in total. The topological polar surface area (TPSA) is 123 Å². The third kappa shape index (κ3) is 3.45. The lowest BCUT2D eigenvalue weighted by atomic mass is 9.73. The Kier molecular flexibility index (Phi) is 5.17. The zero-order chi connectivity index (χ0) is 24.3. The van der Waals surface area contributed by atoms with Gasteiger partial charge in [0.25, 0.3) is 5.56 Å². The van der Waals surface area contributed by atoms with E-state index in [-0.39, 0.29) is 38.2 Å². The molecule has 0 amide bonds. The lowest BCUT2D eigenvalue weighted by Crippen LogP contribution is -2.45. The lowest BCUT2D eigenvalue weighted by Gasteiger charge is -2.42. The van der Waals surface area contributed by atoms with Gasteiger partial charge in [-0.15, -0.1) is 0 Å². The summed E-state index contributed by atoms with van der Waals surface area (Å²) in [5.74, 6) is 0.465. The van der Waals surface area contributed by atoms with Crippen LogP contribution in [-0.4, -0.2) is 37.6 Å². The molecule has 0 unspecified atom stereocenters. The lowest BCUT2D eigenvalue weighted by molar-refractivity contribution is 0.187. The van der Waals surface area contributed by atoms with Crippen molar-refractivity contribution in [1.82, 2.24) is 24.5 Å². The third-order valence-corrected chi connectivity index (χ3v) is 8.14. The number of aromatic nitrogens is 5. The van der Waals surface area contributed by atoms with Crippen molar-refractivity contribution in [3.05, 3.63) is 84.9 Å². The van der Waals surface area contributed by atoms with Crippen molar-refractivity contribution in [2.24, 2.45) is 11.1 Å². The number of nitrogens with two attached hydrogens (primary N) is 1. The van der Waals surface area contributed by atoms with E-state index >= 15 is 0 Å². The van der Waals surface area contributed by atoms with Crippen molar-refractivity contribution in [2.45, 2.75) is 25.3 Å². The van der Waals surface area contributed by atoms with Crippen LogP contribution in [0.25, 0.3) is 16.7 Å². The normalized spacial score (nSPS) is 18.8. The predicted molar refractivity (Wildman–Crippen MR) is 135 cm³/mol. The minimum atomic E-state index is -0.655. The Hall–Kier alpha value is -3.27. The molecule has 1 spiro atoms. The number of halogens is 2. The zero-order valence-corrected chi connectivity index (χ0v) is 20.1. The molecule has 1 saturated heterocycles. The number of hydrogen-bond acceptors (Lipinski definition) is 7. The molecule has 1 aliphatic heterocycles. The Morgan fingerprint density at radius 2 is 1.91 bits per heavy atom. The van der Waals surface area contributed by atoms with Crippen LogP contribution >= 0.6 is 23.2 Å². The van der Waals surface area contributed by atoms with Gasteiger partial charge in [0.2, 0.25) is 5.95 Å². The van der Waals surface area contributed by atoms with E-state index < -0.39 is 11.2 Å². The highest BCUT2D eigenvalue weighted by Crippen LogP contribution is 2.50. The molecular formula is C24H21Cl2N7O2. The summed E-state index contributed by atoms with van der Waals surface area (Å²) < 4.78 is 0.943. The number of anilines is 1. The average Bonchev–Trinajstić information content (AvgIpc) is 3.13. The van der Waals surface area contributed by atoms with Crippen LogP contribution in [0.15, 0.2) is 52.4 Å². The SMILES string of the molecule is N[C@@H]1c2cnccc2CC12CCN(c1ncc3c(=O)n(-c4cccc(Cl)c4Cl)c(=O)[nH]c3n1)CC2. The second-order valence-corrected chi connectivity index (χ2v) is 9.94. The smallest absolute Gasteiger partial charge is 0.334 e. The molecule has 4 aromatic rings. The maximum absolute atomic E-state index is 13.1. The van der Waals surface area contributed by atoms with Crippen LogP contribution in [0.4, 0.5) is 5.95 Å². The van der Waals surface area contributed by atoms with Gasteiger partial charge in [-0.2, -0.15) is 4.98 Å². The summed E-state index contributed by atoms with van der Waals surface area (Å²) in [6, 6.07) is 6.77. The van der Waals surface area contributed by atoms with Crippen molar-refractivity contribution in [3.63, 3.8) is 0 Å². The largest absolute Gasteiger partial charge is 0.341 e. The van der Waals surface area contributed by atoms with Gasteiger partial charge in [-0.1, -0.05) is 29.3 Å². The Morgan fingerprint density at radius 3 is 2.69 bits per heavy atom. The Morgan fingerprint density at radius 1 is 1.11 bits per heavy atom. The van der Waals surface area contributed by atoms with Crippen LogP contribution in [0, 0.1) is 5.41 Å². The molecule has 6 rings (SSSR count). The van der Waals surface area contributed by atoms with E-state index in [4.69, 9.17) is 28.9 Å². The number of piperidine rings is 1. The quantitative estimate of drug-likeness (QED) is 0.425. The summed E-state index contributed by atoms with van der Waals surface area (Å²) in [7, 11) is 0. The van der Waals surface area contributed by atoms with E-state index in [0.29, 0.717) is 5.95 Å². The molecule has 178 valence electrons. The van der Waals surface area contributed by atoms with Crippen LogP contribution < -0.4 is 21.9 Å². The van der Waals surface area contributed by atoms with Crippen molar-refractivity contribution >= 4 is 40.2 Å². The first kappa shape index (κ1) is 22.2. The first-order chi connectivity index (χ1) is 16.9. The van der Waals surface area contributed by atoms with Gasteiger partial charge in [-0.05, 0) is 54.0 Å². The first-order valence-electron chi connectivity index (χ1n) is 11.3. The van der Waals surface area contributed by atoms with Gasteiger partial charge in [0.05, 0.1) is 15.7 Å². The van der Waals surface area contributed by atoms with Gasteiger partial charge < -0.3 is 10.6 Å². The number of aromatic amines is 1. The van der Waals surface area contributed by atoms with E-state index in [0.717, 1.165) is 42.5 Å². The summed E-state index contributed by atoms with van der Waals surface area (Å²) in [6.45, 7) is 1.44. The molecule has 0 radical (unpaired) electrons. The van der Waals surface area contributed by atoms with E-state index in [1.54, 1.807) is 18.2 Å². The number of hydrogen-bond donors (Lipinski definition) is 2. The first-order valence-corrected chi connectivity index (χ1v) is 12.0. The molecule has 11 heteroatoms. The van der Waals surface area contributed by atoms with Gasteiger partial charge in [-0.3, -0.25) is 14.8 Å². The van der Waals surface area contributed by atoms with Crippen molar-refractivity contribution in [3.8, 4) is 5.69 Å². The Labute approximate surface area is 209 Å². The van der Waals surface area contributed by atoms with Gasteiger partial charge in [0, 0.05) is 37.7 Å². The summed E-state index contributed by atoms with van der Waals surface area (Å²) in [5, 5.41) is 0.536. The van der Waals surface area contributed by atoms with E-state index in [1.165, 1.54) is 11.8 Å². The molecule has 3 N–H and O–H groups in total. The highest BCUT2D eigenvalue weighted by atomic mass is 35.5. The van der Waals surface area contributed by atoms with Gasteiger partial charge >= 0.3 is 5.69 Å². The number of fused-ring (bicyclic) bond motifs is 2. The monoisotopic (exact) mass is 509 g/mol. The Bertz CT molecular complexity index is 1590. The van der Waals surface area contributed by atoms with Crippen LogP contribution in [0.3, 0.4) is 0 Å². The van der Waals surface area contributed by atoms with Gasteiger partial charge in [0.1, 0.15) is 5.39 Å². The number of pyridine rings is 1. The molecule has 4 heterocycles. The Balaban J connectivity index is 1.30. The predicted octanol–water partition coefficient (Wildman–Crippen LogP) is 3.01. The minimum Gasteiger partial charge on any atom is -0.341 e. The number of nitrogens with zero attached hydrogens (tertiary/aromatic N) is 5. The zero-order valence-electron chi connectivity index (χ0n) is 18.5. The fraction of sp³-hybridized carbons (Fsp3) is 0.292. The molecule has 1 aromatic carbocycles. The second-order valence-electron chi connectivity index (χ2n) is 9.15. The molecule has 0 bridgehead atoms. The van der Waals surface area contributed by atoms with Crippen LogP contribution in [-0.2, 0) is 6.42 Å². The second kappa shape index (κ2) is 8.15. The molecule has 1 aliphatic carbocycles. The third-order valence-electron chi connectivity index (χ3n) is 7.34. The molecule has 35 heavy (non-hydrogen) atoms. The molecule has 1 atom stereocenters. The minimum absolute atomic E-state index is 0.00299. The molecule has 3 aromatic heterocycles. The van der Waals surface area contributed by atoms with E-state index in [2.05, 4.69) is 30.9 Å². The van der Waals surface area contributed by atoms with Crippen molar-refractivity contribution in [1.29, 1.82) is 0 Å². The van der Waals surface area contributed by atoms with E-state index in [9.17, 15) is 9.59 Å².